The van der Waals surface area contributed by atoms with Crippen molar-refractivity contribution in [3.63, 3.8) is 0 Å². The third-order valence-corrected chi connectivity index (χ3v) is 5.26. The number of nitrogens with one attached hydrogen (secondary N) is 1. The first kappa shape index (κ1) is 20.0. The van der Waals surface area contributed by atoms with Crippen LogP contribution in [0.25, 0.3) is 6.08 Å². The quantitative estimate of drug-likeness (QED) is 0.300. The minimum Gasteiger partial charge on any atom is -0.495 e. The zero-order valence-electron chi connectivity index (χ0n) is 13.4. The van der Waals surface area contributed by atoms with Crippen LogP contribution in [0.2, 0.25) is 5.02 Å². The summed E-state index contributed by atoms with van der Waals surface area (Å²) < 4.78 is 7.28. The van der Waals surface area contributed by atoms with Crippen molar-refractivity contribution in [3.8, 4) is 11.8 Å². The molecule has 128 valence electrons. The zero-order chi connectivity index (χ0) is 18.6. The van der Waals surface area contributed by atoms with Crippen molar-refractivity contribution in [2.45, 2.75) is 6.92 Å². The van der Waals surface area contributed by atoms with Gasteiger partial charge < -0.3 is 10.1 Å². The topological polar surface area (TPSA) is 62.1 Å². The number of halogens is 3. The average molecular weight is 579 g/mol. The van der Waals surface area contributed by atoms with Gasteiger partial charge in [0.2, 0.25) is 0 Å². The van der Waals surface area contributed by atoms with Gasteiger partial charge in [0.1, 0.15) is 17.4 Å². The second-order valence-electron chi connectivity index (χ2n) is 5.05. The molecule has 0 unspecified atom stereocenters. The van der Waals surface area contributed by atoms with Gasteiger partial charge in [-0.2, -0.15) is 5.26 Å². The summed E-state index contributed by atoms with van der Waals surface area (Å²) >= 11 is 10.4. The second kappa shape index (κ2) is 8.87. The van der Waals surface area contributed by atoms with Crippen LogP contribution in [0.15, 0.2) is 35.9 Å². The smallest absolute Gasteiger partial charge is 0.266 e. The van der Waals surface area contributed by atoms with Gasteiger partial charge in [-0.1, -0.05) is 17.7 Å². The van der Waals surface area contributed by atoms with E-state index in [1.54, 1.807) is 32.2 Å². The SMILES string of the molecule is COc1c(I)cc(I)cc1/C=C(\C#N)C(=O)Nc1cccc(Cl)c1C. The molecule has 1 amide bonds. The van der Waals surface area contributed by atoms with Crippen LogP contribution in [0.1, 0.15) is 11.1 Å². The molecule has 7 heteroatoms. The highest BCUT2D eigenvalue weighted by molar-refractivity contribution is 14.1. The number of amides is 1. The molecule has 2 aromatic rings. The summed E-state index contributed by atoms with van der Waals surface area (Å²) in [5, 5.41) is 12.7. The third kappa shape index (κ3) is 4.86. The summed E-state index contributed by atoms with van der Waals surface area (Å²) in [6, 6.07) is 11.0. The van der Waals surface area contributed by atoms with E-state index in [1.807, 2.05) is 18.2 Å². The molecule has 2 aromatic carbocycles. The molecule has 25 heavy (non-hydrogen) atoms. The van der Waals surface area contributed by atoms with E-state index in [2.05, 4.69) is 50.5 Å². The lowest BCUT2D eigenvalue weighted by molar-refractivity contribution is -0.112. The first-order chi connectivity index (χ1) is 11.9. The first-order valence-electron chi connectivity index (χ1n) is 7.08. The van der Waals surface area contributed by atoms with Gasteiger partial charge in [-0.15, -0.1) is 0 Å². The van der Waals surface area contributed by atoms with E-state index in [0.717, 1.165) is 12.7 Å². The Morgan fingerprint density at radius 2 is 2.08 bits per heavy atom. The molecule has 0 aliphatic heterocycles. The maximum atomic E-state index is 12.5. The number of hydrogen-bond donors (Lipinski definition) is 1. The predicted octanol–water partition coefficient (Wildman–Crippen LogP) is 5.41. The maximum Gasteiger partial charge on any atom is 0.266 e. The molecule has 0 heterocycles. The summed E-state index contributed by atoms with van der Waals surface area (Å²) in [7, 11) is 1.56. The Balaban J connectivity index is 2.40. The van der Waals surface area contributed by atoms with Gasteiger partial charge in [0.15, 0.2) is 0 Å². The lowest BCUT2D eigenvalue weighted by atomic mass is 10.1. The van der Waals surface area contributed by atoms with Gasteiger partial charge in [0.25, 0.3) is 5.91 Å². The van der Waals surface area contributed by atoms with E-state index >= 15 is 0 Å². The van der Waals surface area contributed by atoms with E-state index in [-0.39, 0.29) is 5.57 Å². The summed E-state index contributed by atoms with van der Waals surface area (Å²) in [5.74, 6) is 0.129. The molecular weight excluding hydrogens is 565 g/mol. The van der Waals surface area contributed by atoms with Crippen LogP contribution in [-0.4, -0.2) is 13.0 Å². The molecule has 0 radical (unpaired) electrons. The highest BCUT2D eigenvalue weighted by Crippen LogP contribution is 2.30. The molecule has 4 nitrogen and oxygen atoms in total. The minimum atomic E-state index is -0.496. The molecular formula is C18H13ClI2N2O2. The van der Waals surface area contributed by atoms with Crippen molar-refractivity contribution >= 4 is 74.5 Å². The van der Waals surface area contributed by atoms with Crippen molar-refractivity contribution in [2.75, 3.05) is 12.4 Å². The number of hydrogen-bond acceptors (Lipinski definition) is 3. The van der Waals surface area contributed by atoms with Gasteiger partial charge in [0, 0.05) is 19.8 Å². The normalized spacial score (nSPS) is 11.0. The summed E-state index contributed by atoms with van der Waals surface area (Å²) in [5.41, 5.74) is 1.97. The van der Waals surface area contributed by atoms with Crippen molar-refractivity contribution in [2.24, 2.45) is 0 Å². The molecule has 0 aromatic heterocycles. The van der Waals surface area contributed by atoms with Crippen LogP contribution in [0, 0.1) is 25.4 Å². The number of nitrogens with zero attached hydrogens (tertiary/aromatic N) is 1. The summed E-state index contributed by atoms with van der Waals surface area (Å²) in [6.45, 7) is 1.80. The number of carbonyl (C=O) groups is 1. The molecule has 0 fully saturated rings. The lowest BCUT2D eigenvalue weighted by Gasteiger charge is -2.11. The Hall–Kier alpha value is -1.31. The molecule has 0 aliphatic rings. The van der Waals surface area contributed by atoms with Crippen molar-refractivity contribution in [3.05, 3.63) is 59.2 Å². The number of methoxy groups -OCH3 is 1. The standard InChI is InChI=1S/C18H13ClI2N2O2/c1-10-14(19)4-3-5-16(10)23-18(24)12(9-22)6-11-7-13(20)8-15(21)17(11)25-2/h3-8H,1-2H3,(H,23,24)/b12-6+. The number of nitriles is 1. The minimum absolute atomic E-state index is 0.0181. The number of carbonyl (C=O) groups excluding carboxylic acids is 1. The highest BCUT2D eigenvalue weighted by Gasteiger charge is 2.14. The third-order valence-electron chi connectivity index (χ3n) is 3.42. The van der Waals surface area contributed by atoms with E-state index in [4.69, 9.17) is 16.3 Å². The number of anilines is 1. The summed E-state index contributed by atoms with van der Waals surface area (Å²) in [4.78, 5) is 12.5. The largest absolute Gasteiger partial charge is 0.495 e. The Morgan fingerprint density at radius 1 is 1.36 bits per heavy atom. The molecule has 0 spiro atoms. The van der Waals surface area contributed by atoms with Crippen LogP contribution in [0.5, 0.6) is 5.75 Å². The average Bonchev–Trinajstić information content (AvgIpc) is 2.56. The van der Waals surface area contributed by atoms with Gasteiger partial charge >= 0.3 is 0 Å². The number of rotatable bonds is 4. The van der Waals surface area contributed by atoms with Crippen LogP contribution < -0.4 is 10.1 Å². The number of ether oxygens (including phenoxy) is 1. The Morgan fingerprint density at radius 3 is 2.72 bits per heavy atom. The molecule has 0 aliphatic carbocycles. The second-order valence-corrected chi connectivity index (χ2v) is 7.86. The van der Waals surface area contributed by atoms with Crippen LogP contribution >= 0.6 is 56.8 Å². The van der Waals surface area contributed by atoms with Gasteiger partial charge in [-0.3, -0.25) is 4.79 Å². The molecule has 2 rings (SSSR count). The lowest BCUT2D eigenvalue weighted by Crippen LogP contribution is -2.14. The molecule has 0 bridgehead atoms. The number of benzene rings is 2. The summed E-state index contributed by atoms with van der Waals surface area (Å²) in [6.07, 6.45) is 1.53. The monoisotopic (exact) mass is 578 g/mol. The van der Waals surface area contributed by atoms with Gasteiger partial charge in [-0.25, -0.2) is 0 Å². The zero-order valence-corrected chi connectivity index (χ0v) is 18.4. The van der Waals surface area contributed by atoms with Crippen molar-refractivity contribution < 1.29 is 9.53 Å². The van der Waals surface area contributed by atoms with Gasteiger partial charge in [0.05, 0.1) is 10.7 Å². The van der Waals surface area contributed by atoms with E-state index in [0.29, 0.717) is 22.0 Å². The van der Waals surface area contributed by atoms with E-state index in [9.17, 15) is 10.1 Å². The fraction of sp³-hybridized carbons (Fsp3) is 0.111. The van der Waals surface area contributed by atoms with Crippen molar-refractivity contribution in [1.29, 1.82) is 5.26 Å². The Kier molecular flexibility index (Phi) is 7.10. The maximum absolute atomic E-state index is 12.5. The molecule has 0 saturated heterocycles. The molecule has 0 saturated carbocycles. The predicted molar refractivity (Wildman–Crippen MR) is 117 cm³/mol. The molecule has 0 atom stereocenters. The van der Waals surface area contributed by atoms with Gasteiger partial charge in [-0.05, 0) is 88.0 Å². The highest BCUT2D eigenvalue weighted by atomic mass is 127. The van der Waals surface area contributed by atoms with Crippen molar-refractivity contribution in [1.82, 2.24) is 0 Å². The first-order valence-corrected chi connectivity index (χ1v) is 9.62. The Bertz CT molecular complexity index is 905. The fourth-order valence-corrected chi connectivity index (χ4v) is 4.42. The van der Waals surface area contributed by atoms with Crippen LogP contribution in [-0.2, 0) is 4.79 Å². The van der Waals surface area contributed by atoms with E-state index in [1.165, 1.54) is 6.08 Å². The fourth-order valence-electron chi connectivity index (χ4n) is 2.14. The van der Waals surface area contributed by atoms with Crippen LogP contribution in [0.4, 0.5) is 5.69 Å². The Labute approximate surface area is 178 Å². The molecule has 1 N–H and O–H groups in total. The van der Waals surface area contributed by atoms with E-state index < -0.39 is 5.91 Å². The van der Waals surface area contributed by atoms with Crippen LogP contribution in [0.3, 0.4) is 0 Å².